The summed E-state index contributed by atoms with van der Waals surface area (Å²) in [7, 11) is 1.87. The van der Waals surface area contributed by atoms with Gasteiger partial charge in [-0.1, -0.05) is 6.92 Å². The second-order valence-corrected chi connectivity index (χ2v) is 4.94. The monoisotopic (exact) mass is 286 g/mol. The Morgan fingerprint density at radius 1 is 1.63 bits per heavy atom. The van der Waals surface area contributed by atoms with E-state index in [4.69, 9.17) is 0 Å². The molecular weight excluding hydrogens is 264 g/mol. The van der Waals surface area contributed by atoms with E-state index in [-0.39, 0.29) is 18.3 Å². The maximum absolute atomic E-state index is 12.5. The summed E-state index contributed by atoms with van der Waals surface area (Å²) in [6.07, 6.45) is 2.02. The predicted molar refractivity (Wildman–Crippen MR) is 77.8 cm³/mol. The van der Waals surface area contributed by atoms with Crippen LogP contribution in [0.4, 0.5) is 0 Å². The SMILES string of the molecule is CCCN(C(=O)c1cc(C)n(C)n1)C1CCNC1.Cl. The van der Waals surface area contributed by atoms with Crippen LogP contribution in [0.2, 0.25) is 0 Å². The zero-order chi connectivity index (χ0) is 13.1. The van der Waals surface area contributed by atoms with E-state index in [0.29, 0.717) is 11.7 Å². The third-order valence-corrected chi connectivity index (χ3v) is 3.53. The first-order valence-corrected chi connectivity index (χ1v) is 6.65. The number of carbonyl (C=O) groups is 1. The molecule has 0 aromatic carbocycles. The number of nitrogens with zero attached hydrogens (tertiary/aromatic N) is 3. The normalized spacial score (nSPS) is 18.2. The van der Waals surface area contributed by atoms with Gasteiger partial charge in [-0.3, -0.25) is 9.48 Å². The number of amides is 1. The third kappa shape index (κ3) is 3.48. The van der Waals surface area contributed by atoms with Crippen LogP contribution in [0.15, 0.2) is 6.07 Å². The molecule has 1 N–H and O–H groups in total. The van der Waals surface area contributed by atoms with Gasteiger partial charge in [0.2, 0.25) is 0 Å². The molecule has 1 unspecified atom stereocenters. The standard InChI is InChI=1S/C13H22N4O.ClH/c1-4-7-17(11-5-6-14-9-11)13(18)12-8-10(2)16(3)15-12;/h8,11,14H,4-7,9H2,1-3H3;1H. The first-order chi connectivity index (χ1) is 8.63. The van der Waals surface area contributed by atoms with E-state index in [9.17, 15) is 4.79 Å². The van der Waals surface area contributed by atoms with Gasteiger partial charge in [0.15, 0.2) is 5.69 Å². The number of hydrogen-bond donors (Lipinski definition) is 1. The van der Waals surface area contributed by atoms with Crippen molar-refractivity contribution in [2.45, 2.75) is 32.7 Å². The van der Waals surface area contributed by atoms with Crippen LogP contribution in [0, 0.1) is 6.92 Å². The van der Waals surface area contributed by atoms with Crippen molar-refractivity contribution < 1.29 is 4.79 Å². The Hall–Kier alpha value is -1.07. The quantitative estimate of drug-likeness (QED) is 0.909. The highest BCUT2D eigenvalue weighted by molar-refractivity contribution is 5.92. The van der Waals surface area contributed by atoms with Gasteiger partial charge in [-0.2, -0.15) is 5.10 Å². The van der Waals surface area contributed by atoms with Gasteiger partial charge in [0, 0.05) is 31.9 Å². The predicted octanol–water partition coefficient (Wildman–Crippen LogP) is 1.36. The van der Waals surface area contributed by atoms with Crippen LogP contribution < -0.4 is 5.32 Å². The van der Waals surface area contributed by atoms with E-state index < -0.39 is 0 Å². The van der Waals surface area contributed by atoms with E-state index in [1.54, 1.807) is 4.68 Å². The second kappa shape index (κ2) is 6.91. The lowest BCUT2D eigenvalue weighted by Gasteiger charge is -2.27. The zero-order valence-corrected chi connectivity index (χ0v) is 12.7. The molecule has 5 nitrogen and oxygen atoms in total. The van der Waals surface area contributed by atoms with Gasteiger partial charge >= 0.3 is 0 Å². The Balaban J connectivity index is 0.00000180. The molecule has 2 rings (SSSR count). The maximum Gasteiger partial charge on any atom is 0.274 e. The van der Waals surface area contributed by atoms with Crippen LogP contribution in [0.25, 0.3) is 0 Å². The van der Waals surface area contributed by atoms with E-state index in [0.717, 1.165) is 38.2 Å². The first-order valence-electron chi connectivity index (χ1n) is 6.65. The molecule has 0 spiro atoms. The summed E-state index contributed by atoms with van der Waals surface area (Å²) in [6.45, 7) is 6.77. The minimum absolute atomic E-state index is 0. The number of nitrogens with one attached hydrogen (secondary N) is 1. The minimum atomic E-state index is 0. The Morgan fingerprint density at radius 3 is 2.84 bits per heavy atom. The average Bonchev–Trinajstić information content (AvgIpc) is 2.97. The summed E-state index contributed by atoms with van der Waals surface area (Å²) in [6, 6.07) is 2.19. The molecular formula is C13H23ClN4O. The molecule has 0 bridgehead atoms. The van der Waals surface area contributed by atoms with E-state index >= 15 is 0 Å². The van der Waals surface area contributed by atoms with Crippen molar-refractivity contribution in [1.82, 2.24) is 20.0 Å². The number of carbonyl (C=O) groups excluding carboxylic acids is 1. The van der Waals surface area contributed by atoms with Gasteiger partial charge in [-0.15, -0.1) is 12.4 Å². The molecule has 1 atom stereocenters. The summed E-state index contributed by atoms with van der Waals surface area (Å²) >= 11 is 0. The third-order valence-electron chi connectivity index (χ3n) is 3.53. The molecule has 1 aromatic heterocycles. The number of aromatic nitrogens is 2. The van der Waals surface area contributed by atoms with Gasteiger partial charge in [-0.25, -0.2) is 0 Å². The first kappa shape index (κ1) is 16.0. The van der Waals surface area contributed by atoms with Crippen LogP contribution in [0.3, 0.4) is 0 Å². The van der Waals surface area contributed by atoms with Gasteiger partial charge in [0.25, 0.3) is 5.91 Å². The van der Waals surface area contributed by atoms with Crippen LogP contribution in [-0.4, -0.2) is 46.3 Å². The molecule has 2 heterocycles. The van der Waals surface area contributed by atoms with Crippen molar-refractivity contribution >= 4 is 18.3 Å². The Bertz CT molecular complexity index is 407. The van der Waals surface area contributed by atoms with Crippen molar-refractivity contribution in [2.24, 2.45) is 7.05 Å². The Kier molecular flexibility index (Phi) is 5.82. The fraction of sp³-hybridized carbons (Fsp3) is 0.692. The fourth-order valence-electron chi connectivity index (χ4n) is 2.41. The molecule has 0 aliphatic carbocycles. The lowest BCUT2D eigenvalue weighted by molar-refractivity contribution is 0.0685. The van der Waals surface area contributed by atoms with Crippen molar-refractivity contribution in [3.63, 3.8) is 0 Å². The minimum Gasteiger partial charge on any atom is -0.333 e. The Labute approximate surface area is 120 Å². The van der Waals surface area contributed by atoms with Gasteiger partial charge in [0.05, 0.1) is 0 Å². The summed E-state index contributed by atoms with van der Waals surface area (Å²) in [5.74, 6) is 0.0641. The highest BCUT2D eigenvalue weighted by Gasteiger charge is 2.28. The highest BCUT2D eigenvalue weighted by atomic mass is 35.5. The average molecular weight is 287 g/mol. The van der Waals surface area contributed by atoms with Crippen molar-refractivity contribution in [2.75, 3.05) is 19.6 Å². The van der Waals surface area contributed by atoms with Gasteiger partial charge in [0.1, 0.15) is 0 Å². The van der Waals surface area contributed by atoms with E-state index in [1.807, 2.05) is 24.9 Å². The zero-order valence-electron chi connectivity index (χ0n) is 11.8. The molecule has 1 aliphatic heterocycles. The summed E-state index contributed by atoms with van der Waals surface area (Å²) in [4.78, 5) is 14.5. The molecule has 1 aliphatic rings. The molecule has 6 heteroatoms. The second-order valence-electron chi connectivity index (χ2n) is 4.94. The van der Waals surface area contributed by atoms with Crippen LogP contribution in [0.5, 0.6) is 0 Å². The molecule has 1 aromatic rings. The van der Waals surface area contributed by atoms with Crippen LogP contribution in [0.1, 0.15) is 35.9 Å². The molecule has 19 heavy (non-hydrogen) atoms. The molecule has 0 saturated carbocycles. The lowest BCUT2D eigenvalue weighted by Crippen LogP contribution is -2.42. The van der Waals surface area contributed by atoms with E-state index in [1.165, 1.54) is 0 Å². The van der Waals surface area contributed by atoms with Gasteiger partial charge in [-0.05, 0) is 32.4 Å². The lowest BCUT2D eigenvalue weighted by atomic mass is 10.2. The molecule has 1 saturated heterocycles. The number of hydrogen-bond acceptors (Lipinski definition) is 3. The summed E-state index contributed by atoms with van der Waals surface area (Å²) < 4.78 is 1.75. The number of aryl methyl sites for hydroxylation is 2. The Morgan fingerprint density at radius 2 is 2.37 bits per heavy atom. The molecule has 0 radical (unpaired) electrons. The van der Waals surface area contributed by atoms with Gasteiger partial charge < -0.3 is 10.2 Å². The molecule has 1 amide bonds. The van der Waals surface area contributed by atoms with Crippen LogP contribution >= 0.6 is 12.4 Å². The fourth-order valence-corrected chi connectivity index (χ4v) is 2.41. The van der Waals surface area contributed by atoms with Crippen molar-refractivity contribution in [3.8, 4) is 0 Å². The smallest absolute Gasteiger partial charge is 0.274 e. The van der Waals surface area contributed by atoms with Crippen molar-refractivity contribution in [1.29, 1.82) is 0 Å². The maximum atomic E-state index is 12.5. The van der Waals surface area contributed by atoms with E-state index in [2.05, 4.69) is 17.3 Å². The largest absolute Gasteiger partial charge is 0.333 e. The topological polar surface area (TPSA) is 50.2 Å². The number of halogens is 1. The van der Waals surface area contributed by atoms with Crippen molar-refractivity contribution in [3.05, 3.63) is 17.5 Å². The number of rotatable bonds is 4. The highest BCUT2D eigenvalue weighted by Crippen LogP contribution is 2.14. The summed E-state index contributed by atoms with van der Waals surface area (Å²) in [5, 5.41) is 7.60. The summed E-state index contributed by atoms with van der Waals surface area (Å²) in [5.41, 5.74) is 1.58. The van der Waals surface area contributed by atoms with Crippen LogP contribution in [-0.2, 0) is 7.05 Å². The molecule has 1 fully saturated rings. The molecule has 108 valence electrons.